The molecule has 1 amide bonds. The molecule has 0 heterocycles. The van der Waals surface area contributed by atoms with Gasteiger partial charge in [0.05, 0.1) is 5.71 Å². The molecule has 1 aromatic carbocycles. The number of hydrogen-bond donors (Lipinski definition) is 0. The van der Waals surface area contributed by atoms with E-state index < -0.39 is 0 Å². The van der Waals surface area contributed by atoms with Crippen LogP contribution in [0.2, 0.25) is 0 Å². The zero-order chi connectivity index (χ0) is 13.1. The summed E-state index contributed by atoms with van der Waals surface area (Å²) in [5.74, 6) is -0.324. The predicted molar refractivity (Wildman–Crippen MR) is 70.7 cm³/mol. The molecule has 0 fully saturated rings. The molecule has 18 heavy (non-hydrogen) atoms. The Balaban J connectivity index is 2.32. The Hall–Kier alpha value is -2.29. The van der Waals surface area contributed by atoms with Crippen molar-refractivity contribution in [2.75, 3.05) is 0 Å². The van der Waals surface area contributed by atoms with Crippen molar-refractivity contribution in [3.63, 3.8) is 0 Å². The average molecular weight is 239 g/mol. The summed E-state index contributed by atoms with van der Waals surface area (Å²) in [6.45, 7) is 3.49. The lowest BCUT2D eigenvalue weighted by molar-refractivity contribution is -0.111. The SMILES string of the molecule is CC1=CC(=NC(=O)c2ccccc2)C(C)=CC1=O. The first-order valence-electron chi connectivity index (χ1n) is 5.67. The molecule has 0 N–H and O–H groups in total. The minimum Gasteiger partial charge on any atom is -0.290 e. The summed E-state index contributed by atoms with van der Waals surface area (Å²) in [5.41, 5.74) is 2.41. The molecule has 1 aromatic rings. The molecule has 0 aliphatic heterocycles. The van der Waals surface area contributed by atoms with Gasteiger partial charge in [-0.2, -0.15) is 0 Å². The molecule has 0 saturated heterocycles. The van der Waals surface area contributed by atoms with Crippen molar-refractivity contribution in [2.45, 2.75) is 13.8 Å². The van der Waals surface area contributed by atoms with Crippen molar-refractivity contribution in [2.24, 2.45) is 4.99 Å². The Bertz CT molecular complexity index is 592. The molecule has 0 saturated carbocycles. The van der Waals surface area contributed by atoms with E-state index >= 15 is 0 Å². The number of rotatable bonds is 1. The van der Waals surface area contributed by atoms with Crippen LogP contribution in [-0.4, -0.2) is 17.4 Å². The van der Waals surface area contributed by atoms with Gasteiger partial charge in [0.2, 0.25) is 0 Å². The molecule has 3 nitrogen and oxygen atoms in total. The molecule has 0 aromatic heterocycles. The van der Waals surface area contributed by atoms with Gasteiger partial charge in [-0.05, 0) is 49.3 Å². The molecule has 1 aliphatic rings. The van der Waals surface area contributed by atoms with Gasteiger partial charge in [-0.15, -0.1) is 0 Å². The van der Waals surface area contributed by atoms with E-state index in [0.717, 1.165) is 5.57 Å². The van der Waals surface area contributed by atoms with Crippen LogP contribution in [0.3, 0.4) is 0 Å². The second-order valence-electron chi connectivity index (χ2n) is 4.19. The van der Waals surface area contributed by atoms with E-state index in [-0.39, 0.29) is 11.7 Å². The molecule has 3 heteroatoms. The molecule has 0 atom stereocenters. The normalized spacial score (nSPS) is 17.4. The van der Waals surface area contributed by atoms with E-state index in [4.69, 9.17) is 0 Å². The van der Waals surface area contributed by atoms with E-state index in [2.05, 4.69) is 4.99 Å². The maximum Gasteiger partial charge on any atom is 0.277 e. The summed E-state index contributed by atoms with van der Waals surface area (Å²) in [7, 11) is 0. The Kier molecular flexibility index (Phi) is 3.33. The molecule has 90 valence electrons. The van der Waals surface area contributed by atoms with Crippen LogP contribution in [0.25, 0.3) is 0 Å². The predicted octanol–water partition coefficient (Wildman–Crippen LogP) is 2.74. The molecule has 0 unspecified atom stereocenters. The maximum absolute atomic E-state index is 11.9. The van der Waals surface area contributed by atoms with Gasteiger partial charge in [0.1, 0.15) is 0 Å². The van der Waals surface area contributed by atoms with Crippen molar-refractivity contribution in [3.05, 3.63) is 59.2 Å². The summed E-state index contributed by atoms with van der Waals surface area (Å²) in [6, 6.07) is 8.87. The van der Waals surface area contributed by atoms with Crippen LogP contribution in [-0.2, 0) is 4.79 Å². The fourth-order valence-corrected chi connectivity index (χ4v) is 1.65. The maximum atomic E-state index is 11.9. The Labute approximate surface area is 106 Å². The van der Waals surface area contributed by atoms with Crippen LogP contribution < -0.4 is 0 Å². The zero-order valence-electron chi connectivity index (χ0n) is 10.3. The summed E-state index contributed by atoms with van der Waals surface area (Å²) < 4.78 is 0. The van der Waals surface area contributed by atoms with E-state index in [1.807, 2.05) is 6.07 Å². The number of carbonyl (C=O) groups is 2. The third-order valence-electron chi connectivity index (χ3n) is 2.74. The minimum atomic E-state index is -0.295. The molecule has 0 spiro atoms. The van der Waals surface area contributed by atoms with Crippen molar-refractivity contribution in [1.82, 2.24) is 0 Å². The number of allylic oxidation sites excluding steroid dienone is 4. The number of hydrogen-bond acceptors (Lipinski definition) is 2. The van der Waals surface area contributed by atoms with Crippen LogP contribution in [0.15, 0.2) is 58.6 Å². The molecule has 2 rings (SSSR count). The highest BCUT2D eigenvalue weighted by Gasteiger charge is 2.14. The Morgan fingerprint density at radius 1 is 1.00 bits per heavy atom. The highest BCUT2D eigenvalue weighted by Crippen LogP contribution is 2.13. The van der Waals surface area contributed by atoms with Crippen molar-refractivity contribution in [1.29, 1.82) is 0 Å². The van der Waals surface area contributed by atoms with E-state index in [0.29, 0.717) is 16.8 Å². The van der Waals surface area contributed by atoms with Gasteiger partial charge >= 0.3 is 0 Å². The number of benzene rings is 1. The number of aliphatic imine (C=N–C) groups is 1. The molecular formula is C15H13NO2. The quantitative estimate of drug-likeness (QED) is 0.707. The minimum absolute atomic E-state index is 0.0291. The van der Waals surface area contributed by atoms with Crippen molar-refractivity contribution < 1.29 is 9.59 Å². The third kappa shape index (κ3) is 2.51. The smallest absolute Gasteiger partial charge is 0.277 e. The summed E-state index contributed by atoms with van der Waals surface area (Å²) in [5, 5.41) is 0. The number of nitrogens with zero attached hydrogens (tertiary/aromatic N) is 1. The van der Waals surface area contributed by atoms with Gasteiger partial charge < -0.3 is 0 Å². The Morgan fingerprint density at radius 3 is 2.33 bits per heavy atom. The van der Waals surface area contributed by atoms with E-state index in [9.17, 15) is 9.59 Å². The van der Waals surface area contributed by atoms with Crippen molar-refractivity contribution in [3.8, 4) is 0 Å². The first-order valence-corrected chi connectivity index (χ1v) is 5.67. The highest BCUT2D eigenvalue weighted by atomic mass is 16.1. The number of carbonyl (C=O) groups excluding carboxylic acids is 2. The van der Waals surface area contributed by atoms with Gasteiger partial charge in [0.15, 0.2) is 5.78 Å². The zero-order valence-corrected chi connectivity index (χ0v) is 10.3. The molecule has 0 bridgehead atoms. The molecule has 1 aliphatic carbocycles. The lowest BCUT2D eigenvalue weighted by atomic mass is 9.98. The van der Waals surface area contributed by atoms with Crippen LogP contribution in [0.1, 0.15) is 24.2 Å². The van der Waals surface area contributed by atoms with E-state index in [1.54, 1.807) is 44.2 Å². The van der Waals surface area contributed by atoms with Crippen LogP contribution in [0, 0.1) is 0 Å². The lowest BCUT2D eigenvalue weighted by Crippen LogP contribution is -2.12. The fraction of sp³-hybridized carbons (Fsp3) is 0.133. The monoisotopic (exact) mass is 239 g/mol. The average Bonchev–Trinajstić information content (AvgIpc) is 2.37. The first kappa shape index (κ1) is 12.2. The summed E-state index contributed by atoms with van der Waals surface area (Å²) >= 11 is 0. The van der Waals surface area contributed by atoms with Gasteiger partial charge in [0, 0.05) is 5.56 Å². The number of ketones is 1. The van der Waals surface area contributed by atoms with Crippen LogP contribution >= 0.6 is 0 Å². The van der Waals surface area contributed by atoms with Crippen LogP contribution in [0.4, 0.5) is 0 Å². The molecular weight excluding hydrogens is 226 g/mol. The summed E-state index contributed by atoms with van der Waals surface area (Å²) in [6.07, 6.45) is 3.16. The summed E-state index contributed by atoms with van der Waals surface area (Å²) in [4.78, 5) is 27.4. The largest absolute Gasteiger partial charge is 0.290 e. The highest BCUT2D eigenvalue weighted by molar-refractivity contribution is 6.24. The third-order valence-corrected chi connectivity index (χ3v) is 2.74. The Morgan fingerprint density at radius 2 is 1.67 bits per heavy atom. The topological polar surface area (TPSA) is 46.5 Å². The fourth-order valence-electron chi connectivity index (χ4n) is 1.65. The lowest BCUT2D eigenvalue weighted by Gasteiger charge is -2.08. The van der Waals surface area contributed by atoms with Gasteiger partial charge in [-0.3, -0.25) is 9.59 Å². The first-order chi connectivity index (χ1) is 8.58. The standard InChI is InChI=1S/C15H13NO2/c1-10-9-14(17)11(2)8-13(10)16-15(18)12-6-4-3-5-7-12/h3-9H,1-2H3. The second-order valence-corrected chi connectivity index (χ2v) is 4.19. The molecule has 0 radical (unpaired) electrons. The second kappa shape index (κ2) is 4.92. The van der Waals surface area contributed by atoms with E-state index in [1.165, 1.54) is 6.08 Å². The van der Waals surface area contributed by atoms with Crippen molar-refractivity contribution >= 4 is 17.4 Å². The van der Waals surface area contributed by atoms with Gasteiger partial charge in [-0.1, -0.05) is 18.2 Å². The van der Waals surface area contributed by atoms with Gasteiger partial charge in [0.25, 0.3) is 5.91 Å². The number of amides is 1. The van der Waals surface area contributed by atoms with Gasteiger partial charge in [-0.25, -0.2) is 4.99 Å². The van der Waals surface area contributed by atoms with Crippen LogP contribution in [0.5, 0.6) is 0 Å².